The van der Waals surface area contributed by atoms with E-state index in [1.54, 1.807) is 27.9 Å². The van der Waals surface area contributed by atoms with Gasteiger partial charge in [-0.1, -0.05) is 177 Å². The Morgan fingerprint density at radius 2 is 1.71 bits per heavy atom. The van der Waals surface area contributed by atoms with Gasteiger partial charge in [0.25, 0.3) is 0 Å². The number of benzene rings is 3. The van der Waals surface area contributed by atoms with Gasteiger partial charge in [0.2, 0.25) is 0 Å². The third-order valence-corrected chi connectivity index (χ3v) is 18.8. The maximum Gasteiger partial charge on any atom is 0.128 e. The van der Waals surface area contributed by atoms with Gasteiger partial charge in [0.05, 0.1) is 0 Å². The minimum atomic E-state index is -0.0533. The average Bonchev–Trinajstić information content (AvgIpc) is 3.55. The summed E-state index contributed by atoms with van der Waals surface area (Å²) in [6, 6.07) is 25.4. The molecule has 0 spiro atoms. The molecular formula is C61H54OS. The summed E-state index contributed by atoms with van der Waals surface area (Å²) < 4.78 is 10.2. The van der Waals surface area contributed by atoms with Crippen molar-refractivity contribution in [3.05, 3.63) is 205 Å². The van der Waals surface area contributed by atoms with Gasteiger partial charge in [-0.2, -0.15) is 0 Å². The topological polar surface area (TPSA) is 9.23 Å². The van der Waals surface area contributed by atoms with E-state index in [4.69, 9.17) is 4.74 Å². The van der Waals surface area contributed by atoms with Gasteiger partial charge in [-0.3, -0.25) is 0 Å². The zero-order valence-corrected chi connectivity index (χ0v) is 37.6. The van der Waals surface area contributed by atoms with Crippen LogP contribution in [0.4, 0.5) is 0 Å². The predicted octanol–water partition coefficient (Wildman–Crippen LogP) is 13.6. The zero-order valence-electron chi connectivity index (χ0n) is 36.8. The summed E-state index contributed by atoms with van der Waals surface area (Å²) in [7, 11) is 0. The number of thiophene rings is 1. The molecule has 3 aromatic carbocycles. The summed E-state index contributed by atoms with van der Waals surface area (Å²) in [6.45, 7) is 9.86. The van der Waals surface area contributed by atoms with Gasteiger partial charge in [-0.25, -0.2) is 0 Å². The number of ether oxygens (including phenoxy) is 1. The van der Waals surface area contributed by atoms with E-state index in [-0.39, 0.29) is 22.9 Å². The van der Waals surface area contributed by atoms with Crippen molar-refractivity contribution in [2.75, 3.05) is 0 Å². The molecule has 9 aliphatic carbocycles. The van der Waals surface area contributed by atoms with Crippen LogP contribution in [0.1, 0.15) is 76.5 Å². The lowest BCUT2D eigenvalue weighted by Crippen LogP contribution is -2.30. The molecule has 0 N–H and O–H groups in total. The van der Waals surface area contributed by atoms with E-state index in [1.807, 2.05) is 11.3 Å². The van der Waals surface area contributed by atoms with Crippen LogP contribution in [0.2, 0.25) is 0 Å². The highest BCUT2D eigenvalue weighted by atomic mass is 32.1. The molecule has 0 bridgehead atoms. The summed E-state index contributed by atoms with van der Waals surface area (Å²) in [5.74, 6) is 4.47. The van der Waals surface area contributed by atoms with Crippen LogP contribution in [-0.2, 0) is 10.2 Å². The van der Waals surface area contributed by atoms with Crippen molar-refractivity contribution in [3.8, 4) is 11.1 Å². The zero-order chi connectivity index (χ0) is 41.9. The Morgan fingerprint density at radius 3 is 2.65 bits per heavy atom. The monoisotopic (exact) mass is 834 g/mol. The molecule has 8 atom stereocenters. The number of rotatable bonds is 5. The lowest BCUT2D eigenvalue weighted by atomic mass is 9.69. The highest BCUT2D eigenvalue weighted by molar-refractivity contribution is 7.17. The van der Waals surface area contributed by atoms with E-state index >= 15 is 0 Å². The first-order valence-electron chi connectivity index (χ1n) is 23.9. The van der Waals surface area contributed by atoms with Gasteiger partial charge in [0, 0.05) is 38.0 Å². The van der Waals surface area contributed by atoms with E-state index in [2.05, 4.69) is 173 Å². The summed E-state index contributed by atoms with van der Waals surface area (Å²) in [4.78, 5) is 0. The van der Waals surface area contributed by atoms with Gasteiger partial charge >= 0.3 is 0 Å². The highest BCUT2D eigenvalue weighted by Crippen LogP contribution is 2.67. The molecule has 1 nitrogen and oxygen atoms in total. The first-order valence-corrected chi connectivity index (χ1v) is 24.7. The van der Waals surface area contributed by atoms with Gasteiger partial charge in [0.1, 0.15) is 11.9 Å². The summed E-state index contributed by atoms with van der Waals surface area (Å²) in [5, 5.41) is 2.91. The standard InChI is InChI=1S/C61H54OS/c1-60(2)48-21-10-7-14-37(48)39-27-25-35(32-50(39)60)46(43-20-13-19-42-41-16-9-12-23-53(41)63-59(42)43)30-34-24-29-52-47(31-34)57-56-45-18-6-5-17-44(55(45)56)54(58(57)62-52)36-26-28-40-38-15-8-11-22-49(38)61(3,4)51(40)33-36/h5-12,15-19,21-29,31,33,37,45-47,50,52,55-56H,13-14,20,30,32H2,1-4H3. The molecule has 310 valence electrons. The number of allylic oxidation sites excluding steroid dienone is 16. The number of hydrogen-bond acceptors (Lipinski definition) is 2. The summed E-state index contributed by atoms with van der Waals surface area (Å²) in [6.07, 6.45) is 37.5. The molecule has 1 aliphatic heterocycles. The van der Waals surface area contributed by atoms with Gasteiger partial charge in [0.15, 0.2) is 0 Å². The molecule has 8 unspecified atom stereocenters. The van der Waals surface area contributed by atoms with Crippen molar-refractivity contribution in [1.29, 1.82) is 0 Å². The van der Waals surface area contributed by atoms with Crippen molar-refractivity contribution in [1.82, 2.24) is 0 Å². The maximum absolute atomic E-state index is 7.29. The molecule has 2 fully saturated rings. The Balaban J connectivity index is 0.879. The van der Waals surface area contributed by atoms with E-state index in [0.29, 0.717) is 35.5 Å². The van der Waals surface area contributed by atoms with E-state index in [0.717, 1.165) is 32.1 Å². The molecule has 0 radical (unpaired) electrons. The number of hydrogen-bond donors (Lipinski definition) is 0. The van der Waals surface area contributed by atoms with Crippen LogP contribution in [0.5, 0.6) is 0 Å². The minimum Gasteiger partial charge on any atom is -0.485 e. The van der Waals surface area contributed by atoms with Crippen molar-refractivity contribution in [3.63, 3.8) is 0 Å². The molecule has 0 amide bonds. The van der Waals surface area contributed by atoms with Gasteiger partial charge in [-0.15, -0.1) is 11.3 Å². The molecule has 63 heavy (non-hydrogen) atoms. The first kappa shape index (κ1) is 37.0. The third kappa shape index (κ3) is 5.11. The molecule has 10 aliphatic rings. The Bertz CT molecular complexity index is 3220. The summed E-state index contributed by atoms with van der Waals surface area (Å²) in [5.41, 5.74) is 19.5. The van der Waals surface area contributed by atoms with E-state index in [9.17, 15) is 0 Å². The highest BCUT2D eigenvalue weighted by Gasteiger charge is 2.61. The molecule has 2 heteroatoms. The molecule has 2 heterocycles. The van der Waals surface area contributed by atoms with E-state index in [1.165, 1.54) is 70.1 Å². The SMILES string of the molecule is CC1(C)c2ccccc2-c2ccc(C3=C4C=CC=CC5C4C5C4=C3OC3C=CC(CC(C5=CC=C6C7CC=CC=C7C(C)(C)C6C5)C5=c6sc7ccccc7c6=CCC5)=CC43)cc21. The number of fused-ring (bicyclic) bond motifs is 13. The lowest BCUT2D eigenvalue weighted by molar-refractivity contribution is 0.175. The van der Waals surface area contributed by atoms with Crippen molar-refractivity contribution in [2.45, 2.75) is 71.3 Å². The molecule has 14 rings (SSSR count). The minimum absolute atomic E-state index is 0.0346. The van der Waals surface area contributed by atoms with Crippen LogP contribution in [-0.4, -0.2) is 6.10 Å². The van der Waals surface area contributed by atoms with Crippen LogP contribution in [0.3, 0.4) is 0 Å². The third-order valence-electron chi connectivity index (χ3n) is 17.5. The van der Waals surface area contributed by atoms with Crippen LogP contribution in [0.25, 0.3) is 38.4 Å². The first-order chi connectivity index (χ1) is 30.8. The van der Waals surface area contributed by atoms with Crippen LogP contribution < -0.4 is 9.75 Å². The van der Waals surface area contributed by atoms with E-state index < -0.39 is 0 Å². The fourth-order valence-electron chi connectivity index (χ4n) is 14.4. The fourth-order valence-corrected chi connectivity index (χ4v) is 15.8. The molecule has 1 aromatic heterocycles. The maximum atomic E-state index is 7.29. The van der Waals surface area contributed by atoms with Crippen LogP contribution >= 0.6 is 11.3 Å². The average molecular weight is 835 g/mol. The lowest BCUT2D eigenvalue weighted by Gasteiger charge is -2.35. The summed E-state index contributed by atoms with van der Waals surface area (Å²) >= 11 is 2.04. The van der Waals surface area contributed by atoms with Gasteiger partial charge in [-0.05, 0) is 135 Å². The van der Waals surface area contributed by atoms with Crippen LogP contribution in [0.15, 0.2) is 179 Å². The van der Waals surface area contributed by atoms with Crippen molar-refractivity contribution in [2.24, 2.45) is 46.8 Å². The van der Waals surface area contributed by atoms with Gasteiger partial charge < -0.3 is 4.74 Å². The molecule has 2 saturated carbocycles. The second kappa shape index (κ2) is 13.1. The Hall–Kier alpha value is -5.44. The van der Waals surface area contributed by atoms with Crippen molar-refractivity contribution >= 4 is 38.6 Å². The molecular weight excluding hydrogens is 781 g/mol. The molecule has 4 aromatic rings. The predicted molar refractivity (Wildman–Crippen MR) is 262 cm³/mol. The Morgan fingerprint density at radius 1 is 0.841 bits per heavy atom. The second-order valence-corrected chi connectivity index (χ2v) is 22.3. The Labute approximate surface area is 376 Å². The second-order valence-electron chi connectivity index (χ2n) is 21.2. The Kier molecular flexibility index (Phi) is 7.68. The quantitative estimate of drug-likeness (QED) is 0.195. The normalized spacial score (nSPS) is 30.6. The van der Waals surface area contributed by atoms with Crippen LogP contribution in [0, 0.1) is 46.8 Å². The smallest absolute Gasteiger partial charge is 0.128 e. The largest absolute Gasteiger partial charge is 0.485 e. The fraction of sp³-hybridized carbons (Fsp3) is 0.311. The van der Waals surface area contributed by atoms with Crippen molar-refractivity contribution < 1.29 is 4.74 Å². The molecule has 0 saturated heterocycles.